The molecule has 0 aliphatic carbocycles. The lowest BCUT2D eigenvalue weighted by molar-refractivity contribution is -0.137. The molecule has 0 bridgehead atoms. The van der Waals surface area contributed by atoms with Crippen molar-refractivity contribution in [1.29, 1.82) is 0 Å². The fraction of sp³-hybridized carbons (Fsp3) is 0.462. The zero-order chi connectivity index (χ0) is 13.7. The van der Waals surface area contributed by atoms with E-state index in [1.165, 1.54) is 0 Å². The number of benzene rings is 1. The lowest BCUT2D eigenvalue weighted by atomic mass is 10.0. The highest BCUT2D eigenvalue weighted by Gasteiger charge is 2.15. The Morgan fingerprint density at radius 1 is 1.50 bits per heavy atom. The molecule has 1 unspecified atom stereocenters. The first-order valence-electron chi connectivity index (χ1n) is 5.69. The number of carbonyl (C=O) groups is 1. The van der Waals surface area contributed by atoms with Crippen LogP contribution in [0.4, 0.5) is 0 Å². The summed E-state index contributed by atoms with van der Waals surface area (Å²) >= 11 is 3.41. The first-order chi connectivity index (χ1) is 8.45. The third kappa shape index (κ3) is 3.99. The molecule has 4 nitrogen and oxygen atoms in total. The van der Waals surface area contributed by atoms with Gasteiger partial charge in [0.05, 0.1) is 13.2 Å². The van der Waals surface area contributed by atoms with E-state index in [-0.39, 0.29) is 6.42 Å². The minimum atomic E-state index is -0.848. The van der Waals surface area contributed by atoms with Crippen molar-refractivity contribution in [2.45, 2.75) is 32.3 Å². The van der Waals surface area contributed by atoms with Crippen LogP contribution in [0.2, 0.25) is 0 Å². The third-order valence-electron chi connectivity index (χ3n) is 2.74. The molecule has 0 radical (unpaired) electrons. The summed E-state index contributed by atoms with van der Waals surface area (Å²) in [7, 11) is 1.55. The third-order valence-corrected chi connectivity index (χ3v) is 3.59. The van der Waals surface area contributed by atoms with Gasteiger partial charge in [-0.15, -0.1) is 0 Å². The van der Waals surface area contributed by atoms with Gasteiger partial charge in [0.1, 0.15) is 5.75 Å². The molecule has 0 amide bonds. The summed E-state index contributed by atoms with van der Waals surface area (Å²) in [4.78, 5) is 10.4. The molecule has 0 saturated carbocycles. The van der Waals surface area contributed by atoms with Crippen LogP contribution in [0.15, 0.2) is 16.6 Å². The van der Waals surface area contributed by atoms with Gasteiger partial charge in [0, 0.05) is 16.5 Å². The van der Waals surface area contributed by atoms with Crippen molar-refractivity contribution in [3.05, 3.63) is 27.7 Å². The summed E-state index contributed by atoms with van der Waals surface area (Å²) in [6.45, 7) is 1.94. The molecule has 0 fully saturated rings. The van der Waals surface area contributed by atoms with Gasteiger partial charge in [-0.2, -0.15) is 0 Å². The van der Waals surface area contributed by atoms with Gasteiger partial charge in [-0.05, 0) is 37.5 Å². The second kappa shape index (κ2) is 6.75. The molecule has 0 aromatic heterocycles. The van der Waals surface area contributed by atoms with Crippen molar-refractivity contribution in [1.82, 2.24) is 0 Å². The van der Waals surface area contributed by atoms with Gasteiger partial charge in [0.25, 0.3) is 0 Å². The number of carboxylic acid groups (broad SMARTS) is 1. The molecule has 1 rings (SSSR count). The predicted molar refractivity (Wildman–Crippen MR) is 71.9 cm³/mol. The number of aliphatic hydroxyl groups is 1. The van der Waals surface area contributed by atoms with E-state index in [2.05, 4.69) is 15.9 Å². The maximum Gasteiger partial charge on any atom is 0.303 e. The van der Waals surface area contributed by atoms with Gasteiger partial charge in [-0.1, -0.05) is 15.9 Å². The van der Waals surface area contributed by atoms with Gasteiger partial charge in [0.15, 0.2) is 0 Å². The fourth-order valence-corrected chi connectivity index (χ4v) is 2.07. The first kappa shape index (κ1) is 15.0. The molecular weight excluding hydrogens is 300 g/mol. The monoisotopic (exact) mass is 316 g/mol. The Bertz CT molecular complexity index is 431. The van der Waals surface area contributed by atoms with E-state index in [0.717, 1.165) is 10.0 Å². The van der Waals surface area contributed by atoms with Gasteiger partial charge in [0.2, 0.25) is 0 Å². The average molecular weight is 317 g/mol. The van der Waals surface area contributed by atoms with E-state index in [1.807, 2.05) is 19.1 Å². The van der Waals surface area contributed by atoms with Crippen LogP contribution in [0.5, 0.6) is 5.75 Å². The zero-order valence-corrected chi connectivity index (χ0v) is 12.0. The molecule has 2 N–H and O–H groups in total. The van der Waals surface area contributed by atoms with Crippen LogP contribution in [-0.2, 0) is 4.79 Å². The van der Waals surface area contributed by atoms with Crippen LogP contribution in [0.3, 0.4) is 0 Å². The Hall–Kier alpha value is -1.07. The van der Waals surface area contributed by atoms with Gasteiger partial charge < -0.3 is 14.9 Å². The summed E-state index contributed by atoms with van der Waals surface area (Å²) in [5.74, 6) is -0.224. The second-order valence-electron chi connectivity index (χ2n) is 4.15. The molecule has 100 valence electrons. The van der Waals surface area contributed by atoms with Crippen LogP contribution in [0, 0.1) is 6.92 Å². The average Bonchev–Trinajstić information content (AvgIpc) is 2.31. The minimum absolute atomic E-state index is 0.0619. The number of methoxy groups -OCH3 is 1. The molecule has 18 heavy (non-hydrogen) atoms. The number of hydrogen-bond donors (Lipinski definition) is 2. The number of aryl methyl sites for hydroxylation is 1. The maximum absolute atomic E-state index is 10.4. The van der Waals surface area contributed by atoms with E-state index < -0.39 is 12.1 Å². The van der Waals surface area contributed by atoms with Gasteiger partial charge in [-0.25, -0.2) is 0 Å². The van der Waals surface area contributed by atoms with E-state index in [0.29, 0.717) is 24.2 Å². The standard InChI is InChI=1S/C13H17BrO4/c1-8-6-12(18-2)9(7-10(8)14)11(15)4-3-5-13(16)17/h6-7,11,15H,3-5H2,1-2H3,(H,16,17). The number of halogens is 1. The van der Waals surface area contributed by atoms with Crippen LogP contribution in [0.25, 0.3) is 0 Å². The van der Waals surface area contributed by atoms with E-state index in [9.17, 15) is 9.90 Å². The summed E-state index contributed by atoms with van der Waals surface area (Å²) < 4.78 is 6.13. The lowest BCUT2D eigenvalue weighted by Crippen LogP contribution is -2.03. The molecule has 1 atom stereocenters. The first-order valence-corrected chi connectivity index (χ1v) is 6.49. The predicted octanol–water partition coefficient (Wildman–Crippen LogP) is 3.05. The SMILES string of the molecule is COc1cc(C)c(Br)cc1C(O)CCCC(=O)O. The van der Waals surface area contributed by atoms with Crippen LogP contribution < -0.4 is 4.74 Å². The van der Waals surface area contributed by atoms with Crippen molar-refractivity contribution >= 4 is 21.9 Å². The normalized spacial score (nSPS) is 12.2. The lowest BCUT2D eigenvalue weighted by Gasteiger charge is -2.16. The van der Waals surface area contributed by atoms with Crippen molar-refractivity contribution < 1.29 is 19.7 Å². The smallest absolute Gasteiger partial charge is 0.303 e. The second-order valence-corrected chi connectivity index (χ2v) is 5.00. The largest absolute Gasteiger partial charge is 0.496 e. The number of rotatable bonds is 6. The quantitative estimate of drug-likeness (QED) is 0.846. The Morgan fingerprint density at radius 2 is 2.17 bits per heavy atom. The highest BCUT2D eigenvalue weighted by atomic mass is 79.9. The Morgan fingerprint density at radius 3 is 2.72 bits per heavy atom. The molecule has 0 aliphatic rings. The highest BCUT2D eigenvalue weighted by molar-refractivity contribution is 9.10. The summed E-state index contributed by atoms with van der Waals surface area (Å²) in [6, 6.07) is 3.67. The number of carboxylic acids is 1. The molecular formula is C13H17BrO4. The molecule has 1 aromatic carbocycles. The molecule has 0 saturated heterocycles. The van der Waals surface area contributed by atoms with Crippen molar-refractivity contribution in [2.24, 2.45) is 0 Å². The van der Waals surface area contributed by atoms with Gasteiger partial charge >= 0.3 is 5.97 Å². The number of aliphatic carboxylic acids is 1. The highest BCUT2D eigenvalue weighted by Crippen LogP contribution is 2.33. The van der Waals surface area contributed by atoms with Crippen molar-refractivity contribution in [3.63, 3.8) is 0 Å². The number of ether oxygens (including phenoxy) is 1. The summed E-state index contributed by atoms with van der Waals surface area (Å²) in [5.41, 5.74) is 1.70. The zero-order valence-electron chi connectivity index (χ0n) is 10.4. The number of hydrogen-bond acceptors (Lipinski definition) is 3. The van der Waals surface area contributed by atoms with Crippen molar-refractivity contribution in [3.8, 4) is 5.75 Å². The molecule has 0 heterocycles. The van der Waals surface area contributed by atoms with Gasteiger partial charge in [-0.3, -0.25) is 4.79 Å². The van der Waals surface area contributed by atoms with Crippen molar-refractivity contribution in [2.75, 3.05) is 7.11 Å². The molecule has 0 spiro atoms. The van der Waals surface area contributed by atoms with Crippen LogP contribution >= 0.6 is 15.9 Å². The fourth-order valence-electron chi connectivity index (χ4n) is 1.71. The van der Waals surface area contributed by atoms with E-state index in [4.69, 9.17) is 9.84 Å². The van der Waals surface area contributed by atoms with E-state index in [1.54, 1.807) is 7.11 Å². The van der Waals surface area contributed by atoms with Crippen LogP contribution in [0.1, 0.15) is 36.5 Å². The molecule has 5 heteroatoms. The summed E-state index contributed by atoms with van der Waals surface area (Å²) in [5, 5.41) is 18.6. The minimum Gasteiger partial charge on any atom is -0.496 e. The Labute approximate surface area is 115 Å². The Balaban J connectivity index is 2.80. The topological polar surface area (TPSA) is 66.8 Å². The molecule has 0 aliphatic heterocycles. The van der Waals surface area contributed by atoms with Crippen LogP contribution in [-0.4, -0.2) is 23.3 Å². The number of aliphatic hydroxyl groups excluding tert-OH is 1. The molecule has 1 aromatic rings. The van der Waals surface area contributed by atoms with E-state index >= 15 is 0 Å². The summed E-state index contributed by atoms with van der Waals surface area (Å²) in [6.07, 6.45) is 0.187. The maximum atomic E-state index is 10.4. The Kier molecular flexibility index (Phi) is 5.62.